The van der Waals surface area contributed by atoms with Crippen LogP contribution >= 0.6 is 0 Å². The van der Waals surface area contributed by atoms with E-state index >= 15 is 0 Å². The summed E-state index contributed by atoms with van der Waals surface area (Å²) in [7, 11) is 0. The van der Waals surface area contributed by atoms with Crippen molar-refractivity contribution >= 4 is 16.9 Å². The summed E-state index contributed by atoms with van der Waals surface area (Å²) in [6.07, 6.45) is 7.10. The molecule has 0 spiro atoms. The maximum Gasteiger partial charge on any atom is 0.289 e. The molecule has 0 N–H and O–H groups in total. The van der Waals surface area contributed by atoms with Crippen molar-refractivity contribution in [2.24, 2.45) is 5.92 Å². The lowest BCUT2D eigenvalue weighted by molar-refractivity contribution is 0.0657. The summed E-state index contributed by atoms with van der Waals surface area (Å²) < 4.78 is 5.74. The third-order valence-electron chi connectivity index (χ3n) is 5.35. The van der Waals surface area contributed by atoms with Crippen molar-refractivity contribution in [2.75, 3.05) is 6.54 Å². The molecule has 1 aliphatic heterocycles. The van der Waals surface area contributed by atoms with Gasteiger partial charge >= 0.3 is 0 Å². The number of nitrogens with zero attached hydrogens (tertiary/aromatic N) is 1. The van der Waals surface area contributed by atoms with Gasteiger partial charge in [0.25, 0.3) is 5.91 Å². The number of para-hydroxylation sites is 1. The number of fused-ring (bicyclic) bond motifs is 1. The predicted molar refractivity (Wildman–Crippen MR) is 88.5 cm³/mol. The Morgan fingerprint density at radius 1 is 1.09 bits per heavy atom. The fourth-order valence-corrected chi connectivity index (χ4v) is 4.23. The Kier molecular flexibility index (Phi) is 3.68. The van der Waals surface area contributed by atoms with Gasteiger partial charge in [0.05, 0.1) is 5.39 Å². The second kappa shape index (κ2) is 5.84. The van der Waals surface area contributed by atoms with Crippen LogP contribution < -0.4 is 5.43 Å². The number of carbonyl (C=O) groups is 1. The number of hydrogen-bond donors (Lipinski definition) is 0. The molecular weight excluding hydrogens is 290 g/mol. The SMILES string of the molecule is O=C(c1cc(=O)c2ccccc2o1)N1CCC[C@@H]1C1CCCC1. The van der Waals surface area contributed by atoms with E-state index in [0.717, 1.165) is 19.4 Å². The van der Waals surface area contributed by atoms with Gasteiger partial charge in [-0.25, -0.2) is 0 Å². The van der Waals surface area contributed by atoms with Gasteiger partial charge in [-0.3, -0.25) is 9.59 Å². The van der Waals surface area contributed by atoms with E-state index in [-0.39, 0.29) is 17.1 Å². The largest absolute Gasteiger partial charge is 0.451 e. The van der Waals surface area contributed by atoms with E-state index in [1.807, 2.05) is 11.0 Å². The van der Waals surface area contributed by atoms with E-state index in [2.05, 4.69) is 0 Å². The molecule has 2 heterocycles. The molecule has 4 nitrogen and oxygen atoms in total. The van der Waals surface area contributed by atoms with Crippen molar-refractivity contribution in [3.63, 3.8) is 0 Å². The van der Waals surface area contributed by atoms with E-state index in [9.17, 15) is 9.59 Å². The predicted octanol–water partition coefficient (Wildman–Crippen LogP) is 3.59. The first-order valence-corrected chi connectivity index (χ1v) is 8.58. The second-order valence-corrected chi connectivity index (χ2v) is 6.72. The fourth-order valence-electron chi connectivity index (χ4n) is 4.23. The lowest BCUT2D eigenvalue weighted by Gasteiger charge is -2.29. The molecule has 1 saturated heterocycles. The van der Waals surface area contributed by atoms with Crippen LogP contribution in [0.25, 0.3) is 11.0 Å². The van der Waals surface area contributed by atoms with Crippen molar-refractivity contribution in [1.82, 2.24) is 4.90 Å². The van der Waals surface area contributed by atoms with E-state index in [1.54, 1.807) is 18.2 Å². The molecule has 1 saturated carbocycles. The van der Waals surface area contributed by atoms with E-state index < -0.39 is 0 Å². The molecule has 1 aliphatic carbocycles. The minimum atomic E-state index is -0.146. The average molecular weight is 311 g/mol. The van der Waals surface area contributed by atoms with E-state index in [0.29, 0.717) is 22.9 Å². The molecule has 2 fully saturated rings. The van der Waals surface area contributed by atoms with Gasteiger partial charge in [-0.15, -0.1) is 0 Å². The molecule has 1 amide bonds. The third-order valence-corrected chi connectivity index (χ3v) is 5.35. The quantitative estimate of drug-likeness (QED) is 0.851. The number of amides is 1. The van der Waals surface area contributed by atoms with Crippen molar-refractivity contribution in [3.8, 4) is 0 Å². The Labute approximate surface area is 135 Å². The summed E-state index contributed by atoms with van der Waals surface area (Å²) in [5, 5.41) is 0.526. The third kappa shape index (κ3) is 2.56. The number of likely N-dealkylation sites (tertiary alicyclic amines) is 1. The Hall–Kier alpha value is -2.10. The molecule has 0 bridgehead atoms. The molecule has 23 heavy (non-hydrogen) atoms. The maximum absolute atomic E-state index is 12.9. The summed E-state index contributed by atoms with van der Waals surface area (Å²) in [4.78, 5) is 27.1. The van der Waals surface area contributed by atoms with Crippen molar-refractivity contribution in [3.05, 3.63) is 46.3 Å². The summed E-state index contributed by atoms with van der Waals surface area (Å²) in [5.41, 5.74) is 0.340. The van der Waals surface area contributed by atoms with Gasteiger partial charge in [0.2, 0.25) is 0 Å². The molecule has 2 aliphatic rings. The van der Waals surface area contributed by atoms with Crippen LogP contribution in [0.1, 0.15) is 49.1 Å². The average Bonchev–Trinajstić information content (AvgIpc) is 3.25. The van der Waals surface area contributed by atoms with Crippen LogP contribution in [0.3, 0.4) is 0 Å². The van der Waals surface area contributed by atoms with Crippen LogP contribution in [0.4, 0.5) is 0 Å². The number of hydrogen-bond acceptors (Lipinski definition) is 3. The fraction of sp³-hybridized carbons (Fsp3) is 0.474. The minimum absolute atomic E-state index is 0.123. The Bertz CT molecular complexity index is 789. The van der Waals surface area contributed by atoms with Crippen LogP contribution in [-0.4, -0.2) is 23.4 Å². The first-order valence-electron chi connectivity index (χ1n) is 8.58. The molecule has 120 valence electrons. The van der Waals surface area contributed by atoms with Gasteiger partial charge in [0.15, 0.2) is 11.2 Å². The lowest BCUT2D eigenvalue weighted by atomic mass is 9.96. The smallest absolute Gasteiger partial charge is 0.289 e. The molecule has 0 unspecified atom stereocenters. The summed E-state index contributed by atoms with van der Waals surface area (Å²) in [5.74, 6) is 0.675. The highest BCUT2D eigenvalue weighted by Crippen LogP contribution is 2.36. The van der Waals surface area contributed by atoms with Crippen LogP contribution in [0, 0.1) is 5.92 Å². The molecule has 0 radical (unpaired) electrons. The molecule has 1 aromatic heterocycles. The number of carbonyl (C=O) groups excluding carboxylic acids is 1. The molecule has 1 atom stereocenters. The zero-order chi connectivity index (χ0) is 15.8. The summed E-state index contributed by atoms with van der Waals surface area (Å²) >= 11 is 0. The maximum atomic E-state index is 12.9. The number of benzene rings is 1. The van der Waals surface area contributed by atoms with Crippen LogP contribution in [0.5, 0.6) is 0 Å². The highest BCUT2D eigenvalue weighted by molar-refractivity contribution is 5.93. The van der Waals surface area contributed by atoms with Crippen molar-refractivity contribution in [1.29, 1.82) is 0 Å². The van der Waals surface area contributed by atoms with Gasteiger partial charge in [0.1, 0.15) is 5.58 Å². The Morgan fingerprint density at radius 2 is 1.87 bits per heavy atom. The van der Waals surface area contributed by atoms with Crippen molar-refractivity contribution < 1.29 is 9.21 Å². The standard InChI is InChI=1S/C19H21NO3/c21-16-12-18(23-17-10-4-3-8-14(16)17)19(22)20-11-5-9-15(20)13-6-1-2-7-13/h3-4,8,10,12-13,15H,1-2,5-7,9,11H2/t15-/m1/s1. The highest BCUT2D eigenvalue weighted by atomic mass is 16.3. The van der Waals surface area contributed by atoms with Gasteiger partial charge in [0, 0.05) is 18.7 Å². The molecule has 2 aromatic rings. The minimum Gasteiger partial charge on any atom is -0.451 e. The monoisotopic (exact) mass is 311 g/mol. The molecular formula is C19H21NO3. The normalized spacial score (nSPS) is 22.1. The second-order valence-electron chi connectivity index (χ2n) is 6.72. The zero-order valence-electron chi connectivity index (χ0n) is 13.2. The topological polar surface area (TPSA) is 50.5 Å². The Balaban J connectivity index is 1.67. The van der Waals surface area contributed by atoms with E-state index in [1.165, 1.54) is 31.7 Å². The first-order chi connectivity index (χ1) is 11.2. The first kappa shape index (κ1) is 14.5. The van der Waals surface area contributed by atoms with Crippen LogP contribution in [0.2, 0.25) is 0 Å². The molecule has 1 aromatic carbocycles. The zero-order valence-corrected chi connectivity index (χ0v) is 13.2. The summed E-state index contributed by atoms with van der Waals surface area (Å²) in [6.45, 7) is 0.774. The summed E-state index contributed by atoms with van der Waals surface area (Å²) in [6, 6.07) is 8.77. The molecule has 4 heteroatoms. The van der Waals surface area contributed by atoms with Gasteiger partial charge in [-0.2, -0.15) is 0 Å². The Morgan fingerprint density at radius 3 is 2.70 bits per heavy atom. The van der Waals surface area contributed by atoms with E-state index in [4.69, 9.17) is 4.42 Å². The van der Waals surface area contributed by atoms with Crippen LogP contribution in [0.15, 0.2) is 39.5 Å². The number of rotatable bonds is 2. The lowest BCUT2D eigenvalue weighted by Crippen LogP contribution is -2.39. The van der Waals surface area contributed by atoms with Crippen LogP contribution in [-0.2, 0) is 0 Å². The molecule has 4 rings (SSSR count). The van der Waals surface area contributed by atoms with Gasteiger partial charge in [-0.1, -0.05) is 25.0 Å². The highest BCUT2D eigenvalue weighted by Gasteiger charge is 2.37. The van der Waals surface area contributed by atoms with Gasteiger partial charge < -0.3 is 9.32 Å². The van der Waals surface area contributed by atoms with Crippen molar-refractivity contribution in [2.45, 2.75) is 44.6 Å². The van der Waals surface area contributed by atoms with Gasteiger partial charge in [-0.05, 0) is 43.7 Å².